The van der Waals surface area contributed by atoms with Crippen molar-refractivity contribution in [1.29, 1.82) is 0 Å². The second kappa shape index (κ2) is 7.64. The molecule has 5 nitrogen and oxygen atoms in total. The zero-order chi connectivity index (χ0) is 20.7. The van der Waals surface area contributed by atoms with Crippen LogP contribution in [0.15, 0.2) is 35.3 Å². The van der Waals surface area contributed by atoms with E-state index in [0.29, 0.717) is 16.4 Å². The Bertz CT molecular complexity index is 1040. The summed E-state index contributed by atoms with van der Waals surface area (Å²) in [6, 6.07) is 9.43. The number of aliphatic imine (C=N–C) groups is 1. The van der Waals surface area contributed by atoms with E-state index in [4.69, 9.17) is 16.6 Å². The molecule has 1 atom stereocenters. The van der Waals surface area contributed by atoms with Gasteiger partial charge in [-0.2, -0.15) is 0 Å². The lowest BCUT2D eigenvalue weighted by Crippen LogP contribution is -2.42. The van der Waals surface area contributed by atoms with Crippen molar-refractivity contribution in [2.75, 3.05) is 16.8 Å². The summed E-state index contributed by atoms with van der Waals surface area (Å²) in [5.41, 5.74) is 6.14. The number of anilines is 2. The number of fused-ring (bicyclic) bond motifs is 2. The number of amides is 2. The van der Waals surface area contributed by atoms with E-state index in [1.54, 1.807) is 17.0 Å². The molecule has 1 heterocycles. The van der Waals surface area contributed by atoms with Crippen molar-refractivity contribution >= 4 is 46.2 Å². The van der Waals surface area contributed by atoms with Gasteiger partial charge in [0.2, 0.25) is 11.8 Å². The van der Waals surface area contributed by atoms with Crippen molar-refractivity contribution in [3.05, 3.63) is 52.0 Å². The second-order valence-corrected chi connectivity index (χ2v) is 8.34. The zero-order valence-corrected chi connectivity index (χ0v) is 17.6. The predicted octanol–water partition coefficient (Wildman–Crippen LogP) is 5.12. The molecule has 2 amide bonds. The minimum Gasteiger partial charge on any atom is -0.323 e. The van der Waals surface area contributed by atoms with Crippen molar-refractivity contribution in [3.63, 3.8) is 0 Å². The molecular formula is C23H24ClN3O2. The Kier molecular flexibility index (Phi) is 5.17. The van der Waals surface area contributed by atoms with E-state index >= 15 is 0 Å². The first-order chi connectivity index (χ1) is 13.8. The summed E-state index contributed by atoms with van der Waals surface area (Å²) in [5, 5.41) is 3.32. The summed E-state index contributed by atoms with van der Waals surface area (Å²) in [6.07, 6.45) is 2.57. The van der Waals surface area contributed by atoms with Crippen molar-refractivity contribution in [2.24, 2.45) is 10.9 Å². The lowest BCUT2D eigenvalue weighted by atomic mass is 10.0. The molecular weight excluding hydrogens is 386 g/mol. The Morgan fingerprint density at radius 2 is 1.97 bits per heavy atom. The van der Waals surface area contributed by atoms with Crippen molar-refractivity contribution < 1.29 is 9.59 Å². The van der Waals surface area contributed by atoms with Gasteiger partial charge in [0, 0.05) is 5.71 Å². The van der Waals surface area contributed by atoms with Gasteiger partial charge in [-0.1, -0.05) is 17.7 Å². The summed E-state index contributed by atoms with van der Waals surface area (Å²) in [6.45, 7) is 5.90. The standard InChI is InChI=1S/C23H24ClN3O2/c1-13-7-8-19(17(24)9-13)26-22(28)12-27-21-11-15(3)14(2)10-20(21)25-18-6-4-5-16(18)23(27)29/h7-11,16H,4-6,12H2,1-3H3,(H,26,28)/t16-/m0/s1. The highest BCUT2D eigenvalue weighted by molar-refractivity contribution is 6.33. The van der Waals surface area contributed by atoms with Crippen LogP contribution in [0.3, 0.4) is 0 Å². The first kappa shape index (κ1) is 19.6. The van der Waals surface area contributed by atoms with E-state index in [0.717, 1.165) is 47.4 Å². The van der Waals surface area contributed by atoms with Crippen LogP contribution in [0, 0.1) is 26.7 Å². The number of halogens is 1. The molecule has 0 bridgehead atoms. The topological polar surface area (TPSA) is 61.8 Å². The molecule has 2 aromatic rings. The summed E-state index contributed by atoms with van der Waals surface area (Å²) in [5.74, 6) is -0.568. The van der Waals surface area contributed by atoms with Crippen LogP contribution in [-0.2, 0) is 9.59 Å². The third kappa shape index (κ3) is 3.79. The number of rotatable bonds is 3. The quantitative estimate of drug-likeness (QED) is 0.764. The monoisotopic (exact) mass is 409 g/mol. The molecule has 0 saturated heterocycles. The zero-order valence-electron chi connectivity index (χ0n) is 16.9. The van der Waals surface area contributed by atoms with Gasteiger partial charge in [-0.15, -0.1) is 0 Å². The number of nitrogens with zero attached hydrogens (tertiary/aromatic N) is 2. The van der Waals surface area contributed by atoms with Crippen molar-refractivity contribution in [3.8, 4) is 0 Å². The van der Waals surface area contributed by atoms with Crippen LogP contribution in [-0.4, -0.2) is 24.1 Å². The van der Waals surface area contributed by atoms with Gasteiger partial charge in [0.05, 0.1) is 28.0 Å². The number of nitrogens with one attached hydrogen (secondary N) is 1. The van der Waals surface area contributed by atoms with E-state index in [2.05, 4.69) is 5.32 Å². The molecule has 150 valence electrons. The maximum absolute atomic E-state index is 13.3. The molecule has 0 aromatic heterocycles. The number of carbonyl (C=O) groups is 2. The van der Waals surface area contributed by atoms with Crippen molar-refractivity contribution in [1.82, 2.24) is 0 Å². The van der Waals surface area contributed by atoms with Crippen molar-refractivity contribution in [2.45, 2.75) is 40.0 Å². The number of hydrogen-bond acceptors (Lipinski definition) is 3. The van der Waals surface area contributed by atoms with Gasteiger partial charge in [0.25, 0.3) is 0 Å². The lowest BCUT2D eigenvalue weighted by Gasteiger charge is -2.25. The van der Waals surface area contributed by atoms with Gasteiger partial charge in [-0.25, -0.2) is 0 Å². The molecule has 4 rings (SSSR count). The van der Waals surface area contributed by atoms with E-state index < -0.39 is 0 Å². The molecule has 29 heavy (non-hydrogen) atoms. The third-order valence-electron chi connectivity index (χ3n) is 5.74. The fraction of sp³-hybridized carbons (Fsp3) is 0.348. The minimum absolute atomic E-state index is 0.0478. The van der Waals surface area contributed by atoms with E-state index in [1.807, 2.05) is 39.0 Å². The molecule has 2 aliphatic rings. The second-order valence-electron chi connectivity index (χ2n) is 7.93. The summed E-state index contributed by atoms with van der Waals surface area (Å²) in [4.78, 5) is 32.6. The largest absolute Gasteiger partial charge is 0.323 e. The van der Waals surface area contributed by atoms with Gasteiger partial charge in [-0.3, -0.25) is 14.6 Å². The Morgan fingerprint density at radius 3 is 2.72 bits per heavy atom. The minimum atomic E-state index is -0.283. The van der Waals surface area contributed by atoms with E-state index in [-0.39, 0.29) is 24.3 Å². The van der Waals surface area contributed by atoms with E-state index in [1.165, 1.54) is 0 Å². The number of hydrogen-bond donors (Lipinski definition) is 1. The summed E-state index contributed by atoms with van der Waals surface area (Å²) in [7, 11) is 0. The lowest BCUT2D eigenvalue weighted by molar-refractivity contribution is -0.122. The summed E-state index contributed by atoms with van der Waals surface area (Å²) >= 11 is 6.25. The molecule has 1 fully saturated rings. The molecule has 6 heteroatoms. The smallest absolute Gasteiger partial charge is 0.244 e. The SMILES string of the molecule is Cc1ccc(NC(=O)CN2C(=O)[C@H]3CCCC3=Nc3cc(C)c(C)cc32)c(Cl)c1. The normalized spacial score (nSPS) is 18.1. The molecule has 1 aliphatic heterocycles. The predicted molar refractivity (Wildman–Crippen MR) is 118 cm³/mol. The highest BCUT2D eigenvalue weighted by Crippen LogP contribution is 2.39. The summed E-state index contributed by atoms with van der Waals surface area (Å²) < 4.78 is 0. The molecule has 1 N–H and O–H groups in total. The highest BCUT2D eigenvalue weighted by Gasteiger charge is 2.37. The van der Waals surface area contributed by atoms with Gasteiger partial charge in [0.15, 0.2) is 0 Å². The van der Waals surface area contributed by atoms with Gasteiger partial charge < -0.3 is 10.2 Å². The Labute approximate surface area is 175 Å². The maximum atomic E-state index is 13.3. The molecule has 0 spiro atoms. The average Bonchev–Trinajstić information content (AvgIpc) is 3.09. The van der Waals surface area contributed by atoms with Crippen LogP contribution in [0.1, 0.15) is 36.0 Å². The Hall–Kier alpha value is -2.66. The number of carbonyl (C=O) groups excluding carboxylic acids is 2. The number of aryl methyl sites for hydroxylation is 3. The van der Waals surface area contributed by atoms with Gasteiger partial charge in [0.1, 0.15) is 6.54 Å². The van der Waals surface area contributed by atoms with Crippen LogP contribution in [0.4, 0.5) is 17.1 Å². The maximum Gasteiger partial charge on any atom is 0.244 e. The van der Waals surface area contributed by atoms with Crippen LogP contribution in [0.2, 0.25) is 5.02 Å². The van der Waals surface area contributed by atoms with Crippen LogP contribution in [0.5, 0.6) is 0 Å². The Morgan fingerprint density at radius 1 is 1.21 bits per heavy atom. The van der Waals surface area contributed by atoms with Crippen LogP contribution >= 0.6 is 11.6 Å². The molecule has 2 aromatic carbocycles. The fourth-order valence-electron chi connectivity index (χ4n) is 4.00. The fourth-order valence-corrected chi connectivity index (χ4v) is 4.28. The van der Waals surface area contributed by atoms with Crippen LogP contribution in [0.25, 0.3) is 0 Å². The third-order valence-corrected chi connectivity index (χ3v) is 6.05. The van der Waals surface area contributed by atoms with Crippen LogP contribution < -0.4 is 10.2 Å². The highest BCUT2D eigenvalue weighted by atomic mass is 35.5. The molecule has 0 unspecified atom stereocenters. The molecule has 0 radical (unpaired) electrons. The van der Waals surface area contributed by atoms with Gasteiger partial charge >= 0.3 is 0 Å². The molecule has 1 saturated carbocycles. The van der Waals surface area contributed by atoms with E-state index in [9.17, 15) is 9.59 Å². The number of benzene rings is 2. The molecule has 1 aliphatic carbocycles. The average molecular weight is 410 g/mol. The Balaban J connectivity index is 1.66. The first-order valence-corrected chi connectivity index (χ1v) is 10.3. The van der Waals surface area contributed by atoms with Gasteiger partial charge in [-0.05, 0) is 81.0 Å². The first-order valence-electron chi connectivity index (χ1n) is 9.89.